The summed E-state index contributed by atoms with van der Waals surface area (Å²) >= 11 is 0. The molecule has 1 aromatic rings. The van der Waals surface area contributed by atoms with Gasteiger partial charge in [-0.2, -0.15) is 0 Å². The predicted molar refractivity (Wildman–Crippen MR) is 74.2 cm³/mol. The summed E-state index contributed by atoms with van der Waals surface area (Å²) in [5.41, 5.74) is 6.87. The molecule has 1 fully saturated rings. The van der Waals surface area contributed by atoms with Gasteiger partial charge in [-0.25, -0.2) is 4.39 Å². The molecule has 1 atom stereocenters. The molecular weight excluding hydrogens is 227 g/mol. The van der Waals surface area contributed by atoms with Crippen molar-refractivity contribution in [1.29, 1.82) is 0 Å². The summed E-state index contributed by atoms with van der Waals surface area (Å²) in [6.07, 6.45) is 3.74. The molecule has 0 amide bonds. The maximum absolute atomic E-state index is 13.4. The van der Waals surface area contributed by atoms with Gasteiger partial charge in [0.1, 0.15) is 5.82 Å². The molecule has 18 heavy (non-hydrogen) atoms. The number of anilines is 1. The second kappa shape index (κ2) is 5.27. The zero-order valence-electron chi connectivity index (χ0n) is 11.3. The first kappa shape index (κ1) is 13.3. The fourth-order valence-electron chi connectivity index (χ4n) is 2.77. The number of hydrogen-bond donors (Lipinski definition) is 1. The molecule has 1 saturated carbocycles. The molecule has 2 N–H and O–H groups in total. The zero-order chi connectivity index (χ0) is 13.2. The van der Waals surface area contributed by atoms with Gasteiger partial charge in [-0.1, -0.05) is 18.9 Å². The molecule has 1 aliphatic carbocycles. The van der Waals surface area contributed by atoms with Crippen molar-refractivity contribution in [2.45, 2.75) is 38.6 Å². The van der Waals surface area contributed by atoms with Gasteiger partial charge >= 0.3 is 0 Å². The van der Waals surface area contributed by atoms with Crippen LogP contribution in [0.3, 0.4) is 0 Å². The van der Waals surface area contributed by atoms with E-state index in [0.717, 1.165) is 24.6 Å². The predicted octanol–water partition coefficient (Wildman–Crippen LogP) is 3.17. The van der Waals surface area contributed by atoms with E-state index >= 15 is 0 Å². The molecule has 0 radical (unpaired) electrons. The second-order valence-corrected chi connectivity index (χ2v) is 5.57. The molecular formula is C15H23FN2. The van der Waals surface area contributed by atoms with Gasteiger partial charge in [-0.15, -0.1) is 0 Å². The highest BCUT2D eigenvalue weighted by atomic mass is 19.1. The van der Waals surface area contributed by atoms with E-state index < -0.39 is 0 Å². The highest BCUT2D eigenvalue weighted by Crippen LogP contribution is 2.39. The number of hydrogen-bond acceptors (Lipinski definition) is 2. The van der Waals surface area contributed by atoms with Crippen LogP contribution in [0.25, 0.3) is 0 Å². The van der Waals surface area contributed by atoms with E-state index in [1.165, 1.54) is 18.9 Å². The SMILES string of the molecule is CCN(c1cccc(F)c1)C(C)(CN)CC1CC1. The summed E-state index contributed by atoms with van der Waals surface area (Å²) in [6, 6.07) is 6.82. The van der Waals surface area contributed by atoms with Crippen molar-refractivity contribution < 1.29 is 4.39 Å². The lowest BCUT2D eigenvalue weighted by atomic mass is 9.91. The highest BCUT2D eigenvalue weighted by Gasteiger charge is 2.36. The molecule has 3 heteroatoms. The average molecular weight is 250 g/mol. The quantitative estimate of drug-likeness (QED) is 0.840. The van der Waals surface area contributed by atoms with Crippen LogP contribution in [0.2, 0.25) is 0 Å². The topological polar surface area (TPSA) is 29.3 Å². The third-order valence-corrected chi connectivity index (χ3v) is 3.95. The summed E-state index contributed by atoms with van der Waals surface area (Å²) in [7, 11) is 0. The zero-order valence-corrected chi connectivity index (χ0v) is 11.3. The van der Waals surface area contributed by atoms with Crippen LogP contribution in [-0.2, 0) is 0 Å². The Morgan fingerprint density at radius 1 is 1.44 bits per heavy atom. The van der Waals surface area contributed by atoms with Gasteiger partial charge in [0, 0.05) is 24.3 Å². The Hall–Kier alpha value is -1.09. The Kier molecular flexibility index (Phi) is 3.91. The molecule has 1 unspecified atom stereocenters. The second-order valence-electron chi connectivity index (χ2n) is 5.57. The number of halogens is 1. The Bertz CT molecular complexity index is 403. The standard InChI is InChI=1S/C15H23FN2/c1-3-18(14-6-4-5-13(16)9-14)15(2,11-17)10-12-7-8-12/h4-6,9,12H,3,7-8,10-11,17H2,1-2H3. The molecule has 0 aromatic heterocycles. The van der Waals surface area contributed by atoms with Crippen LogP contribution in [0.1, 0.15) is 33.1 Å². The lowest BCUT2D eigenvalue weighted by Gasteiger charge is -2.42. The number of nitrogens with zero attached hydrogens (tertiary/aromatic N) is 1. The van der Waals surface area contributed by atoms with Gasteiger partial charge in [0.25, 0.3) is 0 Å². The molecule has 1 aromatic carbocycles. The van der Waals surface area contributed by atoms with E-state index in [9.17, 15) is 4.39 Å². The third kappa shape index (κ3) is 2.83. The normalized spacial score (nSPS) is 18.4. The van der Waals surface area contributed by atoms with E-state index in [0.29, 0.717) is 6.54 Å². The van der Waals surface area contributed by atoms with E-state index in [4.69, 9.17) is 5.73 Å². The van der Waals surface area contributed by atoms with Crippen LogP contribution in [0.15, 0.2) is 24.3 Å². The van der Waals surface area contributed by atoms with Crippen LogP contribution in [-0.4, -0.2) is 18.6 Å². The van der Waals surface area contributed by atoms with Crippen molar-refractivity contribution in [2.75, 3.05) is 18.0 Å². The minimum absolute atomic E-state index is 0.0658. The van der Waals surface area contributed by atoms with Gasteiger partial charge in [-0.05, 0) is 44.4 Å². The van der Waals surface area contributed by atoms with Crippen LogP contribution in [0.5, 0.6) is 0 Å². The van der Waals surface area contributed by atoms with E-state index in [1.54, 1.807) is 12.1 Å². The third-order valence-electron chi connectivity index (χ3n) is 3.95. The highest BCUT2D eigenvalue weighted by molar-refractivity contribution is 5.49. The maximum Gasteiger partial charge on any atom is 0.125 e. The van der Waals surface area contributed by atoms with Gasteiger partial charge in [0.05, 0.1) is 0 Å². The van der Waals surface area contributed by atoms with Gasteiger partial charge in [0.15, 0.2) is 0 Å². The van der Waals surface area contributed by atoms with Crippen molar-refractivity contribution in [2.24, 2.45) is 11.7 Å². The molecule has 0 spiro atoms. The van der Waals surface area contributed by atoms with E-state index in [1.807, 2.05) is 6.07 Å². The molecule has 1 aliphatic rings. The largest absolute Gasteiger partial charge is 0.365 e. The summed E-state index contributed by atoms with van der Waals surface area (Å²) in [6.45, 7) is 5.75. The maximum atomic E-state index is 13.4. The fraction of sp³-hybridized carbons (Fsp3) is 0.600. The van der Waals surface area contributed by atoms with Gasteiger partial charge in [-0.3, -0.25) is 0 Å². The minimum Gasteiger partial charge on any atom is -0.365 e. The first-order valence-corrected chi connectivity index (χ1v) is 6.82. The molecule has 100 valence electrons. The van der Waals surface area contributed by atoms with Crippen molar-refractivity contribution in [3.05, 3.63) is 30.1 Å². The van der Waals surface area contributed by atoms with Crippen molar-refractivity contribution in [1.82, 2.24) is 0 Å². The van der Waals surface area contributed by atoms with Crippen LogP contribution >= 0.6 is 0 Å². The monoisotopic (exact) mass is 250 g/mol. The first-order valence-electron chi connectivity index (χ1n) is 6.82. The van der Waals surface area contributed by atoms with Crippen molar-refractivity contribution >= 4 is 5.69 Å². The Morgan fingerprint density at radius 3 is 2.67 bits per heavy atom. The minimum atomic E-state index is -0.184. The average Bonchev–Trinajstić information content (AvgIpc) is 3.14. The molecule has 0 aliphatic heterocycles. The Morgan fingerprint density at radius 2 is 2.17 bits per heavy atom. The fourth-order valence-corrected chi connectivity index (χ4v) is 2.77. The summed E-state index contributed by atoms with van der Waals surface area (Å²) in [4.78, 5) is 2.24. The number of nitrogens with two attached hydrogens (primary N) is 1. The molecule has 0 heterocycles. The number of rotatable bonds is 6. The van der Waals surface area contributed by atoms with Crippen molar-refractivity contribution in [3.63, 3.8) is 0 Å². The molecule has 2 nitrogen and oxygen atoms in total. The van der Waals surface area contributed by atoms with Crippen molar-refractivity contribution in [3.8, 4) is 0 Å². The molecule has 2 rings (SSSR count). The summed E-state index contributed by atoms with van der Waals surface area (Å²) in [5.74, 6) is 0.623. The van der Waals surface area contributed by atoms with Gasteiger partial charge in [0.2, 0.25) is 0 Å². The smallest absolute Gasteiger partial charge is 0.125 e. The van der Waals surface area contributed by atoms with Gasteiger partial charge < -0.3 is 10.6 Å². The van der Waals surface area contributed by atoms with Crippen LogP contribution < -0.4 is 10.6 Å². The number of benzene rings is 1. The van der Waals surface area contributed by atoms with Crippen LogP contribution in [0, 0.1) is 11.7 Å². The lowest BCUT2D eigenvalue weighted by molar-refractivity contribution is 0.383. The summed E-state index contributed by atoms with van der Waals surface area (Å²) < 4.78 is 13.4. The summed E-state index contributed by atoms with van der Waals surface area (Å²) in [5, 5.41) is 0. The van der Waals surface area contributed by atoms with E-state index in [-0.39, 0.29) is 11.4 Å². The first-order chi connectivity index (χ1) is 8.59. The molecule has 0 bridgehead atoms. The lowest BCUT2D eigenvalue weighted by Crippen LogP contribution is -2.52. The Labute approximate surface area is 109 Å². The van der Waals surface area contributed by atoms with E-state index in [2.05, 4.69) is 18.7 Å². The number of likely N-dealkylation sites (N-methyl/N-ethyl adjacent to an activating group) is 1. The van der Waals surface area contributed by atoms with Crippen LogP contribution in [0.4, 0.5) is 10.1 Å². The Balaban J connectivity index is 2.24. The molecule has 0 saturated heterocycles.